The molecule has 2 atom stereocenters. The van der Waals surface area contributed by atoms with Crippen LogP contribution in [0.1, 0.15) is 11.5 Å². The summed E-state index contributed by atoms with van der Waals surface area (Å²) in [4.78, 5) is 24.4. The van der Waals surface area contributed by atoms with Gasteiger partial charge in [0.1, 0.15) is 0 Å². The van der Waals surface area contributed by atoms with Gasteiger partial charge in [-0.15, -0.1) is 0 Å². The van der Waals surface area contributed by atoms with Gasteiger partial charge in [0.05, 0.1) is 11.6 Å². The number of nitrogens with one attached hydrogen (secondary N) is 1. The first-order valence-electron chi connectivity index (χ1n) is 7.32. The van der Waals surface area contributed by atoms with Crippen LogP contribution in [0.5, 0.6) is 0 Å². The maximum absolute atomic E-state index is 12.8. The van der Waals surface area contributed by atoms with Gasteiger partial charge in [-0.2, -0.15) is 0 Å². The number of carbonyl (C=O) groups excluding carboxylic acids is 1. The molecule has 0 aliphatic carbocycles. The molecule has 2 aromatic rings. The van der Waals surface area contributed by atoms with E-state index >= 15 is 0 Å². The minimum Gasteiger partial charge on any atom is -0.479 e. The molecule has 3 rings (SSSR count). The van der Waals surface area contributed by atoms with E-state index in [0.29, 0.717) is 16.9 Å². The minimum atomic E-state index is -1.17. The molecule has 6 heteroatoms. The normalized spacial score (nSPS) is 19.5. The molecule has 2 aromatic carbocycles. The fraction of sp³-hybridized carbons (Fsp3) is 0.111. The molecular formula is C18H15ClN2O3. The predicted molar refractivity (Wildman–Crippen MR) is 93.2 cm³/mol. The summed E-state index contributed by atoms with van der Waals surface area (Å²) in [6.45, 7) is 3.84. The van der Waals surface area contributed by atoms with Gasteiger partial charge >= 0.3 is 5.97 Å². The number of carboxylic acid groups (broad SMARTS) is 1. The number of anilines is 2. The van der Waals surface area contributed by atoms with Gasteiger partial charge in [0.15, 0.2) is 6.04 Å². The lowest BCUT2D eigenvalue weighted by Gasteiger charge is -2.36. The number of carbonyl (C=O) groups is 2. The first kappa shape index (κ1) is 16.1. The summed E-state index contributed by atoms with van der Waals surface area (Å²) in [5.41, 5.74) is 1.98. The van der Waals surface area contributed by atoms with Crippen LogP contribution in [0, 0.1) is 0 Å². The van der Waals surface area contributed by atoms with Crippen LogP contribution in [0.25, 0.3) is 0 Å². The van der Waals surface area contributed by atoms with Gasteiger partial charge in [0, 0.05) is 17.5 Å². The number of carboxylic acids is 1. The summed E-state index contributed by atoms with van der Waals surface area (Å²) in [6.07, 6.45) is 0. The second-order valence-corrected chi connectivity index (χ2v) is 5.84. The summed E-state index contributed by atoms with van der Waals surface area (Å²) in [6, 6.07) is 14.8. The SMILES string of the molecule is C=C1C(C(=O)Nc2ccccc2)c2ccccc2N(Cl)C1C(=O)O. The number of halogens is 1. The van der Waals surface area contributed by atoms with E-state index < -0.39 is 17.9 Å². The predicted octanol–water partition coefficient (Wildman–Crippen LogP) is 3.39. The van der Waals surface area contributed by atoms with Gasteiger partial charge in [-0.25, -0.2) is 4.79 Å². The molecule has 122 valence electrons. The molecule has 0 fully saturated rings. The summed E-state index contributed by atoms with van der Waals surface area (Å²) in [5.74, 6) is -2.28. The maximum Gasteiger partial charge on any atom is 0.332 e. The van der Waals surface area contributed by atoms with E-state index in [-0.39, 0.29) is 11.5 Å². The Balaban J connectivity index is 2.01. The summed E-state index contributed by atoms with van der Waals surface area (Å²) >= 11 is 6.19. The molecule has 1 aliphatic rings. The molecule has 0 bridgehead atoms. The van der Waals surface area contributed by atoms with Crippen molar-refractivity contribution < 1.29 is 14.7 Å². The Morgan fingerprint density at radius 1 is 1.08 bits per heavy atom. The zero-order valence-electron chi connectivity index (χ0n) is 12.6. The van der Waals surface area contributed by atoms with E-state index in [1.807, 2.05) is 6.07 Å². The number of hydrogen-bond acceptors (Lipinski definition) is 3. The molecule has 1 aliphatic heterocycles. The van der Waals surface area contributed by atoms with Crippen molar-refractivity contribution in [1.29, 1.82) is 0 Å². The molecule has 2 N–H and O–H groups in total. The van der Waals surface area contributed by atoms with Crippen LogP contribution in [0.4, 0.5) is 11.4 Å². The van der Waals surface area contributed by atoms with Crippen molar-refractivity contribution in [1.82, 2.24) is 0 Å². The number of para-hydroxylation sites is 2. The van der Waals surface area contributed by atoms with Gasteiger partial charge in [-0.05, 0) is 29.3 Å². The van der Waals surface area contributed by atoms with Crippen molar-refractivity contribution in [3.05, 3.63) is 72.3 Å². The van der Waals surface area contributed by atoms with Crippen molar-refractivity contribution in [2.45, 2.75) is 12.0 Å². The van der Waals surface area contributed by atoms with Crippen LogP contribution in [-0.4, -0.2) is 23.0 Å². The molecule has 1 heterocycles. The van der Waals surface area contributed by atoms with E-state index in [1.54, 1.807) is 48.5 Å². The zero-order chi connectivity index (χ0) is 17.3. The highest BCUT2D eigenvalue weighted by molar-refractivity contribution is 6.29. The van der Waals surface area contributed by atoms with Crippen LogP contribution in [-0.2, 0) is 9.59 Å². The highest BCUT2D eigenvalue weighted by Crippen LogP contribution is 2.42. The van der Waals surface area contributed by atoms with E-state index in [4.69, 9.17) is 11.8 Å². The minimum absolute atomic E-state index is 0.227. The third kappa shape index (κ3) is 2.74. The molecular weight excluding hydrogens is 328 g/mol. The molecule has 1 amide bonds. The number of amides is 1. The Kier molecular flexibility index (Phi) is 4.27. The Morgan fingerprint density at radius 3 is 2.38 bits per heavy atom. The van der Waals surface area contributed by atoms with Crippen LogP contribution < -0.4 is 9.74 Å². The average Bonchev–Trinajstić information content (AvgIpc) is 2.55. The Morgan fingerprint density at radius 2 is 1.71 bits per heavy atom. The first-order valence-corrected chi connectivity index (χ1v) is 7.66. The van der Waals surface area contributed by atoms with E-state index in [0.717, 1.165) is 4.42 Å². The molecule has 5 nitrogen and oxygen atoms in total. The summed E-state index contributed by atoms with van der Waals surface area (Å²) < 4.78 is 1.12. The fourth-order valence-electron chi connectivity index (χ4n) is 2.87. The summed E-state index contributed by atoms with van der Waals surface area (Å²) in [7, 11) is 0. The van der Waals surface area contributed by atoms with Crippen molar-refractivity contribution in [3.8, 4) is 0 Å². The lowest BCUT2D eigenvalue weighted by Crippen LogP contribution is -2.44. The first-order chi connectivity index (χ1) is 11.5. The van der Waals surface area contributed by atoms with Crippen molar-refractivity contribution in [2.24, 2.45) is 0 Å². The zero-order valence-corrected chi connectivity index (χ0v) is 13.4. The van der Waals surface area contributed by atoms with Crippen molar-refractivity contribution in [3.63, 3.8) is 0 Å². The molecule has 0 aromatic heterocycles. The lowest BCUT2D eigenvalue weighted by atomic mass is 9.82. The van der Waals surface area contributed by atoms with E-state index in [1.165, 1.54) is 0 Å². The number of fused-ring (bicyclic) bond motifs is 1. The Hall–Kier alpha value is -2.79. The van der Waals surface area contributed by atoms with Gasteiger partial charge in [0.25, 0.3) is 0 Å². The summed E-state index contributed by atoms with van der Waals surface area (Å²) in [5, 5.41) is 12.3. The number of hydrogen-bond donors (Lipinski definition) is 2. The Labute approximate surface area is 144 Å². The lowest BCUT2D eigenvalue weighted by molar-refractivity contribution is -0.137. The van der Waals surface area contributed by atoms with Crippen LogP contribution >= 0.6 is 11.8 Å². The van der Waals surface area contributed by atoms with Crippen LogP contribution in [0.15, 0.2) is 66.7 Å². The van der Waals surface area contributed by atoms with Crippen LogP contribution in [0.3, 0.4) is 0 Å². The number of benzene rings is 2. The molecule has 0 saturated carbocycles. The highest BCUT2D eigenvalue weighted by Gasteiger charge is 2.42. The van der Waals surface area contributed by atoms with Crippen LogP contribution in [0.2, 0.25) is 0 Å². The van der Waals surface area contributed by atoms with Crippen molar-refractivity contribution in [2.75, 3.05) is 9.74 Å². The largest absolute Gasteiger partial charge is 0.479 e. The van der Waals surface area contributed by atoms with E-state index in [9.17, 15) is 14.7 Å². The van der Waals surface area contributed by atoms with Gasteiger partial charge in [0.2, 0.25) is 5.91 Å². The average molecular weight is 343 g/mol. The quantitative estimate of drug-likeness (QED) is 0.662. The van der Waals surface area contributed by atoms with Gasteiger partial charge in [-0.3, -0.25) is 9.21 Å². The smallest absolute Gasteiger partial charge is 0.332 e. The maximum atomic E-state index is 12.8. The van der Waals surface area contributed by atoms with Gasteiger partial charge < -0.3 is 10.4 Å². The Bertz CT molecular complexity index is 807. The monoisotopic (exact) mass is 342 g/mol. The molecule has 0 radical (unpaired) electrons. The number of rotatable bonds is 3. The number of aliphatic carboxylic acids is 1. The molecule has 0 saturated heterocycles. The highest BCUT2D eigenvalue weighted by atomic mass is 35.5. The second kappa shape index (κ2) is 6.37. The second-order valence-electron chi connectivity index (χ2n) is 5.47. The third-order valence-electron chi connectivity index (χ3n) is 3.96. The van der Waals surface area contributed by atoms with Gasteiger partial charge in [-0.1, -0.05) is 43.0 Å². The fourth-order valence-corrected chi connectivity index (χ4v) is 3.23. The number of nitrogens with zero attached hydrogens (tertiary/aromatic N) is 1. The van der Waals surface area contributed by atoms with Crippen molar-refractivity contribution >= 4 is 35.0 Å². The topological polar surface area (TPSA) is 69.6 Å². The standard InChI is InChI=1S/C18H15ClN2O3/c1-11-15(17(22)20-12-7-3-2-4-8-12)13-9-5-6-10-14(13)21(19)16(11)18(23)24/h2-10,15-16H,1H2,(H,20,22)(H,23,24). The third-order valence-corrected chi connectivity index (χ3v) is 4.34. The molecule has 0 spiro atoms. The molecule has 24 heavy (non-hydrogen) atoms. The molecule has 2 unspecified atom stereocenters. The van der Waals surface area contributed by atoms with E-state index in [2.05, 4.69) is 11.9 Å².